The first-order valence-corrected chi connectivity index (χ1v) is 10.5. The molecular weight excluding hydrogens is 378 g/mol. The summed E-state index contributed by atoms with van der Waals surface area (Å²) in [5.74, 6) is 0.498. The number of rotatable bonds is 8. The number of fused-ring (bicyclic) bond motifs is 1. The van der Waals surface area contributed by atoms with Crippen LogP contribution in [0, 0.1) is 0 Å². The minimum Gasteiger partial charge on any atom is -0.468 e. The van der Waals surface area contributed by atoms with Crippen molar-refractivity contribution in [3.8, 4) is 0 Å². The summed E-state index contributed by atoms with van der Waals surface area (Å²) in [6.45, 7) is 2.44. The summed E-state index contributed by atoms with van der Waals surface area (Å²) in [6, 6.07) is 17.8. The molecule has 1 aromatic heterocycles. The highest BCUT2D eigenvalue weighted by Crippen LogP contribution is 2.24. The summed E-state index contributed by atoms with van der Waals surface area (Å²) in [6.07, 6.45) is 4.23. The predicted octanol–water partition coefficient (Wildman–Crippen LogP) is 3.04. The molecule has 2 amide bonds. The maximum absolute atomic E-state index is 12.4. The van der Waals surface area contributed by atoms with E-state index in [1.807, 2.05) is 54.6 Å². The molecule has 1 aliphatic rings. The Labute approximate surface area is 176 Å². The topological polar surface area (TPSA) is 74.6 Å². The number of hydrogen-bond acceptors (Lipinski definition) is 4. The highest BCUT2D eigenvalue weighted by Gasteiger charge is 2.25. The molecule has 0 radical (unpaired) electrons. The van der Waals surface area contributed by atoms with Crippen molar-refractivity contribution in [2.24, 2.45) is 0 Å². The van der Waals surface area contributed by atoms with Gasteiger partial charge < -0.3 is 15.1 Å². The van der Waals surface area contributed by atoms with E-state index in [4.69, 9.17) is 4.42 Å². The fourth-order valence-electron chi connectivity index (χ4n) is 4.08. The molecule has 30 heavy (non-hydrogen) atoms. The van der Waals surface area contributed by atoms with Crippen molar-refractivity contribution in [3.63, 3.8) is 0 Å². The van der Waals surface area contributed by atoms with Gasteiger partial charge in [-0.25, -0.2) is 0 Å². The van der Waals surface area contributed by atoms with Crippen LogP contribution in [0.25, 0.3) is 10.8 Å². The minimum absolute atomic E-state index is 0.0258. The molecule has 0 bridgehead atoms. The molecule has 0 spiro atoms. The molecule has 6 nitrogen and oxygen atoms in total. The van der Waals surface area contributed by atoms with Gasteiger partial charge in [-0.2, -0.15) is 0 Å². The third-order valence-electron chi connectivity index (χ3n) is 5.62. The zero-order valence-electron chi connectivity index (χ0n) is 17.0. The van der Waals surface area contributed by atoms with Crippen molar-refractivity contribution in [1.29, 1.82) is 0 Å². The molecule has 156 valence electrons. The summed E-state index contributed by atoms with van der Waals surface area (Å²) in [4.78, 5) is 27.0. The maximum atomic E-state index is 12.4. The van der Waals surface area contributed by atoms with Gasteiger partial charge in [-0.1, -0.05) is 42.5 Å². The third-order valence-corrected chi connectivity index (χ3v) is 5.62. The number of furan rings is 1. The number of carbonyl (C=O) groups is 2. The highest BCUT2D eigenvalue weighted by atomic mass is 16.3. The van der Waals surface area contributed by atoms with Crippen molar-refractivity contribution in [2.45, 2.75) is 25.3 Å². The molecule has 0 saturated carbocycles. The quantitative estimate of drug-likeness (QED) is 0.604. The van der Waals surface area contributed by atoms with E-state index in [0.717, 1.165) is 48.0 Å². The fourth-order valence-corrected chi connectivity index (χ4v) is 4.08. The lowest BCUT2D eigenvalue weighted by atomic mass is 10.0. The van der Waals surface area contributed by atoms with Crippen LogP contribution in [0.4, 0.5) is 0 Å². The molecule has 1 fully saturated rings. The van der Waals surface area contributed by atoms with Crippen LogP contribution >= 0.6 is 0 Å². The van der Waals surface area contributed by atoms with Crippen LogP contribution in [0.3, 0.4) is 0 Å². The van der Waals surface area contributed by atoms with Crippen molar-refractivity contribution in [1.82, 2.24) is 15.5 Å². The SMILES string of the molecule is O=C(CNC(=O)Cc1cccc2ccccc12)NCC(c1ccco1)N1CCCC1. The number of carbonyl (C=O) groups excluding carboxylic acids is 2. The van der Waals surface area contributed by atoms with Gasteiger partial charge in [-0.3, -0.25) is 14.5 Å². The van der Waals surface area contributed by atoms with Gasteiger partial charge in [0.15, 0.2) is 0 Å². The van der Waals surface area contributed by atoms with E-state index in [9.17, 15) is 9.59 Å². The fraction of sp³-hybridized carbons (Fsp3) is 0.333. The summed E-state index contributed by atoms with van der Waals surface area (Å²) < 4.78 is 5.58. The zero-order chi connectivity index (χ0) is 20.8. The van der Waals surface area contributed by atoms with Crippen LogP contribution in [-0.4, -0.2) is 42.9 Å². The largest absolute Gasteiger partial charge is 0.468 e. The zero-order valence-corrected chi connectivity index (χ0v) is 17.0. The molecular formula is C24H27N3O3. The molecule has 2 N–H and O–H groups in total. The Balaban J connectivity index is 1.28. The lowest BCUT2D eigenvalue weighted by Crippen LogP contribution is -2.41. The number of benzene rings is 2. The molecule has 2 heterocycles. The molecule has 1 saturated heterocycles. The van der Waals surface area contributed by atoms with Crippen LogP contribution in [-0.2, 0) is 16.0 Å². The van der Waals surface area contributed by atoms with E-state index in [1.54, 1.807) is 6.26 Å². The Morgan fingerprint density at radius 3 is 2.53 bits per heavy atom. The first-order valence-electron chi connectivity index (χ1n) is 10.5. The standard InChI is InChI=1S/C24H27N3O3/c28-23(15-19-9-5-8-18-7-1-2-10-20(18)19)26-17-24(29)25-16-21(22-11-6-14-30-22)27-12-3-4-13-27/h1-2,5-11,14,21H,3-4,12-13,15-17H2,(H,25,29)(H,26,28). The smallest absolute Gasteiger partial charge is 0.239 e. The summed E-state index contributed by atoms with van der Waals surface area (Å²) in [5, 5.41) is 7.84. The maximum Gasteiger partial charge on any atom is 0.239 e. The monoisotopic (exact) mass is 405 g/mol. The molecule has 2 aromatic carbocycles. The van der Waals surface area contributed by atoms with Crippen molar-refractivity contribution >= 4 is 22.6 Å². The van der Waals surface area contributed by atoms with Gasteiger partial charge in [0, 0.05) is 6.54 Å². The molecule has 0 aliphatic carbocycles. The lowest BCUT2D eigenvalue weighted by molar-refractivity contribution is -0.125. The van der Waals surface area contributed by atoms with Gasteiger partial charge in [-0.15, -0.1) is 0 Å². The predicted molar refractivity (Wildman–Crippen MR) is 116 cm³/mol. The summed E-state index contributed by atoms with van der Waals surface area (Å²) >= 11 is 0. The van der Waals surface area contributed by atoms with Crippen LogP contribution in [0.5, 0.6) is 0 Å². The summed E-state index contributed by atoms with van der Waals surface area (Å²) in [5.41, 5.74) is 0.956. The number of nitrogens with one attached hydrogen (secondary N) is 2. The van der Waals surface area contributed by atoms with Gasteiger partial charge >= 0.3 is 0 Å². The molecule has 4 rings (SSSR count). The number of hydrogen-bond donors (Lipinski definition) is 2. The van der Waals surface area contributed by atoms with E-state index in [2.05, 4.69) is 15.5 Å². The van der Waals surface area contributed by atoms with Gasteiger partial charge in [-0.05, 0) is 54.4 Å². The average Bonchev–Trinajstić information content (AvgIpc) is 3.48. The van der Waals surface area contributed by atoms with Crippen molar-refractivity contribution in [2.75, 3.05) is 26.2 Å². The van der Waals surface area contributed by atoms with Gasteiger partial charge in [0.1, 0.15) is 5.76 Å². The molecule has 6 heteroatoms. The molecule has 1 aliphatic heterocycles. The molecule has 3 aromatic rings. The van der Waals surface area contributed by atoms with Crippen LogP contribution in [0.2, 0.25) is 0 Å². The Kier molecular flexibility index (Phi) is 6.44. The Morgan fingerprint density at radius 1 is 0.933 bits per heavy atom. The van der Waals surface area contributed by atoms with E-state index in [0.29, 0.717) is 6.54 Å². The number of likely N-dealkylation sites (tertiary alicyclic amines) is 1. The number of nitrogens with zero attached hydrogens (tertiary/aromatic N) is 1. The Morgan fingerprint density at radius 2 is 1.73 bits per heavy atom. The van der Waals surface area contributed by atoms with Gasteiger partial charge in [0.2, 0.25) is 11.8 Å². The average molecular weight is 405 g/mol. The van der Waals surface area contributed by atoms with E-state index in [1.165, 1.54) is 0 Å². The highest BCUT2D eigenvalue weighted by molar-refractivity contribution is 5.91. The van der Waals surface area contributed by atoms with Crippen LogP contribution < -0.4 is 10.6 Å². The molecule has 1 atom stereocenters. The normalized spacial score (nSPS) is 15.2. The Bertz CT molecular complexity index is 989. The van der Waals surface area contributed by atoms with Crippen LogP contribution in [0.1, 0.15) is 30.2 Å². The van der Waals surface area contributed by atoms with Crippen LogP contribution in [0.15, 0.2) is 65.3 Å². The second-order valence-corrected chi connectivity index (χ2v) is 7.67. The molecule has 1 unspecified atom stereocenters. The third kappa shape index (κ3) is 4.89. The van der Waals surface area contributed by atoms with Gasteiger partial charge in [0.05, 0.1) is 25.3 Å². The van der Waals surface area contributed by atoms with Crippen molar-refractivity contribution < 1.29 is 14.0 Å². The lowest BCUT2D eigenvalue weighted by Gasteiger charge is -2.26. The second-order valence-electron chi connectivity index (χ2n) is 7.67. The van der Waals surface area contributed by atoms with Crippen molar-refractivity contribution in [3.05, 3.63) is 72.2 Å². The van der Waals surface area contributed by atoms with E-state index >= 15 is 0 Å². The van der Waals surface area contributed by atoms with Gasteiger partial charge in [0.25, 0.3) is 0 Å². The first-order chi connectivity index (χ1) is 14.7. The number of amides is 2. The van der Waals surface area contributed by atoms with E-state index in [-0.39, 0.29) is 30.8 Å². The Hall–Kier alpha value is -3.12. The first kappa shape index (κ1) is 20.2. The van der Waals surface area contributed by atoms with E-state index < -0.39 is 0 Å². The minimum atomic E-state index is -0.197. The second kappa shape index (κ2) is 9.59. The summed E-state index contributed by atoms with van der Waals surface area (Å²) in [7, 11) is 0.